The molecule has 6 heteroatoms. The van der Waals surface area contributed by atoms with E-state index in [1.807, 2.05) is 30.3 Å². The molecule has 0 amide bonds. The molecular formula is C57H34N4OS. The number of benzene rings is 9. The Kier molecular flexibility index (Phi) is 8.01. The number of para-hydroxylation sites is 1. The molecule has 0 saturated carbocycles. The molecule has 63 heavy (non-hydrogen) atoms. The minimum atomic E-state index is 0.582. The van der Waals surface area contributed by atoms with Gasteiger partial charge in [-0.2, -0.15) is 0 Å². The van der Waals surface area contributed by atoms with Crippen molar-refractivity contribution in [1.29, 1.82) is 0 Å². The van der Waals surface area contributed by atoms with Crippen molar-refractivity contribution in [3.63, 3.8) is 0 Å². The summed E-state index contributed by atoms with van der Waals surface area (Å²) < 4.78 is 11.6. The molecule has 0 atom stereocenters. The van der Waals surface area contributed by atoms with E-state index in [1.165, 1.54) is 47.6 Å². The van der Waals surface area contributed by atoms with Crippen LogP contribution in [0.25, 0.3) is 126 Å². The molecule has 0 unspecified atom stereocenters. The Morgan fingerprint density at radius 3 is 1.76 bits per heavy atom. The van der Waals surface area contributed by atoms with Gasteiger partial charge in [0.1, 0.15) is 11.2 Å². The summed E-state index contributed by atoms with van der Waals surface area (Å²) in [5.74, 6) is 1.81. The highest BCUT2D eigenvalue weighted by Crippen LogP contribution is 2.44. The molecule has 0 bridgehead atoms. The Hall–Kier alpha value is -8.19. The van der Waals surface area contributed by atoms with Crippen LogP contribution in [0.2, 0.25) is 0 Å². The highest BCUT2D eigenvalue weighted by Gasteiger charge is 2.23. The van der Waals surface area contributed by atoms with Crippen LogP contribution in [-0.2, 0) is 0 Å². The van der Waals surface area contributed by atoms with Gasteiger partial charge in [0, 0.05) is 53.0 Å². The largest absolute Gasteiger partial charge is 0.456 e. The third kappa shape index (κ3) is 5.73. The molecule has 0 aliphatic rings. The molecule has 294 valence electrons. The number of hydrogen-bond acceptors (Lipinski definition) is 5. The van der Waals surface area contributed by atoms with Gasteiger partial charge in [0.25, 0.3) is 0 Å². The Morgan fingerprint density at radius 2 is 0.952 bits per heavy atom. The summed E-state index contributed by atoms with van der Waals surface area (Å²) in [5, 5.41) is 6.83. The van der Waals surface area contributed by atoms with E-state index < -0.39 is 0 Å². The fourth-order valence-electron chi connectivity index (χ4n) is 9.43. The van der Waals surface area contributed by atoms with Gasteiger partial charge >= 0.3 is 0 Å². The summed E-state index contributed by atoms with van der Waals surface area (Å²) in [6.45, 7) is 0. The summed E-state index contributed by atoms with van der Waals surface area (Å²) in [6.07, 6.45) is 0. The van der Waals surface area contributed by atoms with Crippen LogP contribution >= 0.6 is 11.3 Å². The summed E-state index contributed by atoms with van der Waals surface area (Å²) in [4.78, 5) is 15.8. The first-order valence-corrected chi connectivity index (χ1v) is 21.9. The van der Waals surface area contributed by atoms with Crippen molar-refractivity contribution >= 4 is 75.3 Å². The van der Waals surface area contributed by atoms with Gasteiger partial charge in [0.15, 0.2) is 17.5 Å². The number of thiophene rings is 1. The molecule has 0 radical (unpaired) electrons. The van der Waals surface area contributed by atoms with E-state index in [0.717, 1.165) is 60.9 Å². The Labute approximate surface area is 365 Å². The SMILES string of the molecule is c1ccc(-c2ccc3c4ccccc4n(-c4cccc5oc6cccc(-c7nc(-c8ccccc8)nc(-c8ccc9c(c8)sc8cccc(-c%10ccccc%10)c89)n7)c6c45)c3c2)cc1. The van der Waals surface area contributed by atoms with E-state index in [-0.39, 0.29) is 0 Å². The minimum absolute atomic E-state index is 0.582. The molecule has 4 heterocycles. The van der Waals surface area contributed by atoms with Crippen molar-refractivity contribution in [3.8, 4) is 62.1 Å². The fraction of sp³-hybridized carbons (Fsp3) is 0. The highest BCUT2D eigenvalue weighted by atomic mass is 32.1. The predicted molar refractivity (Wildman–Crippen MR) is 262 cm³/mol. The second-order valence-corrected chi connectivity index (χ2v) is 17.0. The topological polar surface area (TPSA) is 56.7 Å². The third-order valence-corrected chi connectivity index (χ3v) is 13.4. The molecule has 9 aromatic carbocycles. The first kappa shape index (κ1) is 35.6. The van der Waals surface area contributed by atoms with Crippen LogP contribution < -0.4 is 0 Å². The van der Waals surface area contributed by atoms with Crippen LogP contribution in [0, 0.1) is 0 Å². The lowest BCUT2D eigenvalue weighted by Crippen LogP contribution is -2.00. The summed E-state index contributed by atoms with van der Waals surface area (Å²) in [5.41, 5.74) is 12.3. The molecule has 0 saturated heterocycles. The van der Waals surface area contributed by atoms with E-state index >= 15 is 0 Å². The second-order valence-electron chi connectivity index (χ2n) is 15.9. The van der Waals surface area contributed by atoms with E-state index in [4.69, 9.17) is 19.4 Å². The maximum absolute atomic E-state index is 6.74. The number of nitrogens with zero attached hydrogens (tertiary/aromatic N) is 4. The van der Waals surface area contributed by atoms with Crippen molar-refractivity contribution in [2.75, 3.05) is 0 Å². The molecule has 13 aromatic rings. The molecule has 4 aromatic heterocycles. The Balaban J connectivity index is 1.04. The van der Waals surface area contributed by atoms with Gasteiger partial charge in [-0.15, -0.1) is 11.3 Å². The van der Waals surface area contributed by atoms with Gasteiger partial charge in [0.05, 0.1) is 22.1 Å². The Bertz CT molecular complexity index is 3910. The number of furan rings is 1. The predicted octanol–water partition coefficient (Wildman–Crippen LogP) is 15.6. The second kappa shape index (κ2) is 14.2. The highest BCUT2D eigenvalue weighted by molar-refractivity contribution is 7.26. The van der Waals surface area contributed by atoms with E-state index in [0.29, 0.717) is 17.5 Å². The zero-order valence-electron chi connectivity index (χ0n) is 33.7. The monoisotopic (exact) mass is 822 g/mol. The molecule has 5 nitrogen and oxygen atoms in total. The zero-order chi connectivity index (χ0) is 41.4. The normalized spacial score (nSPS) is 11.8. The molecule has 0 aliphatic heterocycles. The van der Waals surface area contributed by atoms with Crippen molar-refractivity contribution < 1.29 is 4.42 Å². The fourth-order valence-corrected chi connectivity index (χ4v) is 10.6. The smallest absolute Gasteiger partial charge is 0.164 e. The van der Waals surface area contributed by atoms with Gasteiger partial charge in [-0.3, -0.25) is 0 Å². The minimum Gasteiger partial charge on any atom is -0.456 e. The van der Waals surface area contributed by atoms with Gasteiger partial charge in [-0.25, -0.2) is 15.0 Å². The maximum Gasteiger partial charge on any atom is 0.164 e. The van der Waals surface area contributed by atoms with Crippen LogP contribution in [0.4, 0.5) is 0 Å². The zero-order valence-corrected chi connectivity index (χ0v) is 34.6. The van der Waals surface area contributed by atoms with Crippen LogP contribution in [0.1, 0.15) is 0 Å². The van der Waals surface area contributed by atoms with Crippen LogP contribution in [0.3, 0.4) is 0 Å². The van der Waals surface area contributed by atoms with Gasteiger partial charge < -0.3 is 8.98 Å². The molecular weight excluding hydrogens is 789 g/mol. The van der Waals surface area contributed by atoms with Crippen molar-refractivity contribution in [3.05, 3.63) is 206 Å². The Morgan fingerprint density at radius 1 is 0.349 bits per heavy atom. The standard InChI is InChI=1S/C57H34N4OS/c1-4-15-35(16-5-1)38-29-31-42-41-21-10-11-24-45(41)61(47(42)33-38)46-25-14-27-49-54(46)53-44(23-12-26-48(53)62-49)57-59-55(37-19-8-3-9-20-37)58-56(60-57)39-30-32-43-51(34-39)63-50-28-13-22-40(52(43)50)36-17-6-2-7-18-36/h1-34H. The first-order chi connectivity index (χ1) is 31.2. The molecule has 0 spiro atoms. The molecule has 13 rings (SSSR count). The average Bonchev–Trinajstić information content (AvgIpc) is 4.04. The van der Waals surface area contributed by atoms with E-state index in [2.05, 4.69) is 180 Å². The van der Waals surface area contributed by atoms with Gasteiger partial charge in [0.2, 0.25) is 0 Å². The number of aromatic nitrogens is 4. The quantitative estimate of drug-likeness (QED) is 0.168. The first-order valence-electron chi connectivity index (χ1n) is 21.1. The van der Waals surface area contributed by atoms with Gasteiger partial charge in [-0.05, 0) is 64.7 Å². The van der Waals surface area contributed by atoms with Crippen molar-refractivity contribution in [2.24, 2.45) is 0 Å². The maximum atomic E-state index is 6.74. The van der Waals surface area contributed by atoms with Crippen molar-refractivity contribution in [1.82, 2.24) is 19.5 Å². The third-order valence-electron chi connectivity index (χ3n) is 12.3. The lowest BCUT2D eigenvalue weighted by atomic mass is 9.99. The summed E-state index contributed by atoms with van der Waals surface area (Å²) in [6, 6.07) is 72.6. The summed E-state index contributed by atoms with van der Waals surface area (Å²) >= 11 is 1.80. The number of fused-ring (bicyclic) bond motifs is 9. The van der Waals surface area contributed by atoms with E-state index in [9.17, 15) is 0 Å². The van der Waals surface area contributed by atoms with Crippen LogP contribution in [0.5, 0.6) is 0 Å². The van der Waals surface area contributed by atoms with E-state index in [1.54, 1.807) is 11.3 Å². The lowest BCUT2D eigenvalue weighted by molar-refractivity contribution is 0.669. The van der Waals surface area contributed by atoms with Gasteiger partial charge in [-0.1, -0.05) is 164 Å². The lowest BCUT2D eigenvalue weighted by Gasteiger charge is -2.12. The average molecular weight is 823 g/mol. The number of rotatable bonds is 6. The van der Waals surface area contributed by atoms with Crippen molar-refractivity contribution in [2.45, 2.75) is 0 Å². The molecule has 0 N–H and O–H groups in total. The molecule has 0 fully saturated rings. The van der Waals surface area contributed by atoms with Crippen LogP contribution in [-0.4, -0.2) is 19.5 Å². The summed E-state index contributed by atoms with van der Waals surface area (Å²) in [7, 11) is 0. The van der Waals surface area contributed by atoms with Crippen LogP contribution in [0.15, 0.2) is 211 Å². The molecule has 0 aliphatic carbocycles. The number of hydrogen-bond donors (Lipinski definition) is 0.